The molecule has 0 saturated heterocycles. The summed E-state index contributed by atoms with van der Waals surface area (Å²) in [6, 6.07) is 20.9. The van der Waals surface area contributed by atoms with Gasteiger partial charge in [-0.1, -0.05) is 30.3 Å². The number of benzene rings is 3. The average molecular weight is 360 g/mol. The normalized spacial score (nSPS) is 10.2. The Kier molecular flexibility index (Phi) is 5.91. The van der Waals surface area contributed by atoms with Crippen molar-refractivity contribution in [3.05, 3.63) is 66.2 Å². The molecule has 0 spiro atoms. The topological polar surface area (TPSA) is 71.3 Å². The number of rotatable bonds is 7. The van der Waals surface area contributed by atoms with E-state index in [1.807, 2.05) is 42.5 Å². The summed E-state index contributed by atoms with van der Waals surface area (Å²) in [4.78, 5) is 12.1. The van der Waals surface area contributed by atoms with E-state index in [2.05, 4.69) is 11.4 Å². The van der Waals surface area contributed by atoms with E-state index in [-0.39, 0.29) is 5.91 Å². The van der Waals surface area contributed by atoms with Gasteiger partial charge >= 0.3 is 0 Å². The van der Waals surface area contributed by atoms with Crippen molar-refractivity contribution in [2.75, 3.05) is 19.0 Å². The van der Waals surface area contributed by atoms with Crippen LogP contribution in [0.4, 0.5) is 5.69 Å². The summed E-state index contributed by atoms with van der Waals surface area (Å²) in [5.74, 6) is 1.02. The van der Waals surface area contributed by atoms with Crippen molar-refractivity contribution in [1.82, 2.24) is 0 Å². The van der Waals surface area contributed by atoms with E-state index < -0.39 is 0 Å². The number of hydrogen-bond donors (Lipinski definition) is 1. The van der Waals surface area contributed by atoms with Gasteiger partial charge in [-0.15, -0.1) is 0 Å². The van der Waals surface area contributed by atoms with Crippen LogP contribution in [0.1, 0.15) is 18.4 Å². The van der Waals surface area contributed by atoms with Gasteiger partial charge in [-0.25, -0.2) is 0 Å². The second-order valence-electron chi connectivity index (χ2n) is 6.04. The van der Waals surface area contributed by atoms with Gasteiger partial charge in [0.05, 0.1) is 25.3 Å². The van der Waals surface area contributed by atoms with Gasteiger partial charge in [0.2, 0.25) is 5.91 Å². The van der Waals surface area contributed by atoms with E-state index in [1.54, 1.807) is 18.2 Å². The lowest BCUT2D eigenvalue weighted by molar-refractivity contribution is -0.116. The third-order valence-corrected chi connectivity index (χ3v) is 4.13. The fourth-order valence-electron chi connectivity index (χ4n) is 2.76. The van der Waals surface area contributed by atoms with Crippen molar-refractivity contribution in [3.63, 3.8) is 0 Å². The van der Waals surface area contributed by atoms with Crippen molar-refractivity contribution < 1.29 is 14.3 Å². The summed E-state index contributed by atoms with van der Waals surface area (Å²) >= 11 is 0. The molecule has 0 heterocycles. The van der Waals surface area contributed by atoms with Crippen molar-refractivity contribution in [2.24, 2.45) is 0 Å². The molecular weight excluding hydrogens is 340 g/mol. The van der Waals surface area contributed by atoms with Gasteiger partial charge in [0.1, 0.15) is 0 Å². The Labute approximate surface area is 158 Å². The summed E-state index contributed by atoms with van der Waals surface area (Å²) in [6.07, 6.45) is 0.925. The summed E-state index contributed by atoms with van der Waals surface area (Å²) in [7, 11) is 1.53. The van der Waals surface area contributed by atoms with Crippen LogP contribution in [-0.4, -0.2) is 19.6 Å². The van der Waals surface area contributed by atoms with Gasteiger partial charge in [0.25, 0.3) is 0 Å². The Morgan fingerprint density at radius 1 is 1.04 bits per heavy atom. The average Bonchev–Trinajstić information content (AvgIpc) is 2.71. The molecule has 5 nitrogen and oxygen atoms in total. The standard InChI is InChI=1S/C22H20N2O3/c1-26-21-13-16(15-23)8-11-20(21)27-12-4-7-22(25)24-19-10-9-17-5-2-3-6-18(17)14-19/h2-3,5-6,8-11,13-14H,4,7,12H2,1H3,(H,24,25). The zero-order valence-corrected chi connectivity index (χ0v) is 15.1. The molecule has 0 saturated carbocycles. The zero-order chi connectivity index (χ0) is 19.1. The largest absolute Gasteiger partial charge is 0.493 e. The van der Waals surface area contributed by atoms with Crippen LogP contribution in [0.25, 0.3) is 10.8 Å². The van der Waals surface area contributed by atoms with Crippen LogP contribution in [0, 0.1) is 11.3 Å². The quantitative estimate of drug-likeness (QED) is 0.629. The van der Waals surface area contributed by atoms with Crippen LogP contribution in [0.2, 0.25) is 0 Å². The number of fused-ring (bicyclic) bond motifs is 1. The number of hydrogen-bond acceptors (Lipinski definition) is 4. The maximum atomic E-state index is 12.1. The number of nitriles is 1. The molecule has 0 radical (unpaired) electrons. The molecule has 0 aliphatic rings. The first kappa shape index (κ1) is 18.3. The molecule has 0 aromatic heterocycles. The van der Waals surface area contributed by atoms with Crippen LogP contribution in [0.5, 0.6) is 11.5 Å². The van der Waals surface area contributed by atoms with Crippen LogP contribution in [-0.2, 0) is 4.79 Å². The molecule has 3 rings (SSSR count). The SMILES string of the molecule is COc1cc(C#N)ccc1OCCCC(=O)Nc1ccc2ccccc2c1. The Bertz CT molecular complexity index is 992. The van der Waals surface area contributed by atoms with Gasteiger partial charge in [-0.05, 0) is 41.5 Å². The Morgan fingerprint density at radius 2 is 1.85 bits per heavy atom. The van der Waals surface area contributed by atoms with E-state index in [0.717, 1.165) is 16.5 Å². The number of ether oxygens (including phenoxy) is 2. The third-order valence-electron chi connectivity index (χ3n) is 4.13. The Morgan fingerprint density at radius 3 is 2.63 bits per heavy atom. The molecule has 1 N–H and O–H groups in total. The summed E-state index contributed by atoms with van der Waals surface area (Å²) in [5, 5.41) is 14.1. The summed E-state index contributed by atoms with van der Waals surface area (Å²) < 4.78 is 10.9. The Balaban J connectivity index is 1.49. The van der Waals surface area contributed by atoms with Crippen LogP contribution in [0.15, 0.2) is 60.7 Å². The van der Waals surface area contributed by atoms with Gasteiger partial charge in [-0.3, -0.25) is 4.79 Å². The molecule has 1 amide bonds. The monoisotopic (exact) mass is 360 g/mol. The predicted octanol–water partition coefficient (Wildman–Crippen LogP) is 4.52. The third kappa shape index (κ3) is 4.77. The number of anilines is 1. The van der Waals surface area contributed by atoms with E-state index in [0.29, 0.717) is 36.5 Å². The molecule has 5 heteroatoms. The molecule has 0 aliphatic heterocycles. The first-order chi connectivity index (χ1) is 13.2. The molecule has 0 atom stereocenters. The highest BCUT2D eigenvalue weighted by molar-refractivity contribution is 5.94. The van der Waals surface area contributed by atoms with E-state index in [1.165, 1.54) is 7.11 Å². The number of nitrogens with zero attached hydrogens (tertiary/aromatic N) is 1. The number of nitrogens with one attached hydrogen (secondary N) is 1. The second kappa shape index (κ2) is 8.72. The first-order valence-corrected chi connectivity index (χ1v) is 8.69. The van der Waals surface area contributed by atoms with Gasteiger partial charge in [-0.2, -0.15) is 5.26 Å². The minimum atomic E-state index is -0.0549. The summed E-state index contributed by atoms with van der Waals surface area (Å²) in [5.41, 5.74) is 1.29. The summed E-state index contributed by atoms with van der Waals surface area (Å²) in [6.45, 7) is 0.382. The number of methoxy groups -OCH3 is 1. The number of amides is 1. The van der Waals surface area contributed by atoms with E-state index in [4.69, 9.17) is 14.7 Å². The lowest BCUT2D eigenvalue weighted by Gasteiger charge is -2.11. The smallest absolute Gasteiger partial charge is 0.224 e. The lowest BCUT2D eigenvalue weighted by Crippen LogP contribution is -2.12. The predicted molar refractivity (Wildman–Crippen MR) is 105 cm³/mol. The molecule has 136 valence electrons. The van der Waals surface area contributed by atoms with E-state index in [9.17, 15) is 4.79 Å². The van der Waals surface area contributed by atoms with Crippen LogP contribution >= 0.6 is 0 Å². The van der Waals surface area contributed by atoms with E-state index >= 15 is 0 Å². The molecular formula is C22H20N2O3. The Hall–Kier alpha value is -3.52. The molecule has 0 aliphatic carbocycles. The highest BCUT2D eigenvalue weighted by Gasteiger charge is 2.07. The van der Waals surface area contributed by atoms with Gasteiger partial charge in [0, 0.05) is 18.2 Å². The fraction of sp³-hybridized carbons (Fsp3) is 0.182. The molecule has 3 aromatic rings. The van der Waals surface area contributed by atoms with Crippen LogP contribution < -0.4 is 14.8 Å². The van der Waals surface area contributed by atoms with Crippen LogP contribution in [0.3, 0.4) is 0 Å². The number of carbonyl (C=O) groups is 1. The molecule has 0 bridgehead atoms. The maximum absolute atomic E-state index is 12.1. The zero-order valence-electron chi connectivity index (χ0n) is 15.1. The highest BCUT2D eigenvalue weighted by atomic mass is 16.5. The van der Waals surface area contributed by atoms with Crippen molar-refractivity contribution in [3.8, 4) is 17.6 Å². The van der Waals surface area contributed by atoms with Crippen molar-refractivity contribution in [2.45, 2.75) is 12.8 Å². The number of carbonyl (C=O) groups excluding carboxylic acids is 1. The molecule has 3 aromatic carbocycles. The van der Waals surface area contributed by atoms with Gasteiger partial charge < -0.3 is 14.8 Å². The van der Waals surface area contributed by atoms with Gasteiger partial charge in [0.15, 0.2) is 11.5 Å². The second-order valence-corrected chi connectivity index (χ2v) is 6.04. The first-order valence-electron chi connectivity index (χ1n) is 8.69. The fourth-order valence-corrected chi connectivity index (χ4v) is 2.76. The highest BCUT2D eigenvalue weighted by Crippen LogP contribution is 2.28. The molecule has 27 heavy (non-hydrogen) atoms. The lowest BCUT2D eigenvalue weighted by atomic mass is 10.1. The minimum absolute atomic E-state index is 0.0549. The van der Waals surface area contributed by atoms with Crippen molar-refractivity contribution >= 4 is 22.4 Å². The maximum Gasteiger partial charge on any atom is 0.224 e. The molecule has 0 unspecified atom stereocenters. The minimum Gasteiger partial charge on any atom is -0.493 e. The van der Waals surface area contributed by atoms with Crippen molar-refractivity contribution in [1.29, 1.82) is 5.26 Å². The molecule has 0 fully saturated rings.